The zero-order chi connectivity index (χ0) is 26.3. The van der Waals surface area contributed by atoms with Gasteiger partial charge in [0.15, 0.2) is 10.8 Å². The lowest BCUT2D eigenvalue weighted by atomic mass is 9.99. The van der Waals surface area contributed by atoms with E-state index in [1.54, 1.807) is 12.3 Å². The van der Waals surface area contributed by atoms with Crippen molar-refractivity contribution in [3.8, 4) is 0 Å². The van der Waals surface area contributed by atoms with Crippen LogP contribution < -0.4 is 15.6 Å². The highest BCUT2D eigenvalue weighted by Crippen LogP contribution is 2.41. The van der Waals surface area contributed by atoms with E-state index in [1.807, 2.05) is 35.8 Å². The largest absolute Gasteiger partial charge is 0.477 e. The zero-order valence-electron chi connectivity index (χ0n) is 19.9. The maximum atomic E-state index is 13.1. The second-order valence-corrected chi connectivity index (χ2v) is 10.4. The maximum absolute atomic E-state index is 13.1. The molecule has 3 aromatic heterocycles. The average Bonchev–Trinajstić information content (AvgIpc) is 3.49. The minimum absolute atomic E-state index is 0.0401. The van der Waals surface area contributed by atoms with Crippen molar-refractivity contribution in [2.75, 3.05) is 18.1 Å². The molecule has 192 valence electrons. The first-order valence-corrected chi connectivity index (χ1v) is 13.3. The monoisotopic (exact) mass is 542 g/mol. The Morgan fingerprint density at radius 3 is 2.95 bits per heavy atom. The number of nitrogens with one attached hydrogen (secondary N) is 2. The number of aromatic nitrogens is 3. The number of thiazole rings is 1. The third kappa shape index (κ3) is 4.42. The third-order valence-electron chi connectivity index (χ3n) is 6.09. The van der Waals surface area contributed by atoms with Crippen molar-refractivity contribution in [3.63, 3.8) is 0 Å². The lowest BCUT2D eigenvalue weighted by molar-refractivity contribution is -0.583. The van der Waals surface area contributed by atoms with Crippen molar-refractivity contribution >= 4 is 57.2 Å². The zero-order valence-corrected chi connectivity index (χ0v) is 21.6. The van der Waals surface area contributed by atoms with Crippen molar-refractivity contribution in [2.45, 2.75) is 31.7 Å². The second-order valence-electron chi connectivity index (χ2n) is 8.41. The molecular formula is C23H24N7O5S2+. The number of carboxylic acids is 1. The Balaban J connectivity index is 1.37. The van der Waals surface area contributed by atoms with Crippen LogP contribution in [0.4, 0.5) is 5.13 Å². The van der Waals surface area contributed by atoms with Gasteiger partial charge in [0, 0.05) is 36.6 Å². The number of carboxylic acid groups (broad SMARTS) is 1. The first kappa shape index (κ1) is 24.8. The van der Waals surface area contributed by atoms with Gasteiger partial charge in [-0.3, -0.25) is 14.5 Å². The first-order chi connectivity index (χ1) is 17.8. The summed E-state index contributed by atoms with van der Waals surface area (Å²) in [5.41, 5.74) is 9.28. The van der Waals surface area contributed by atoms with Crippen LogP contribution in [0.3, 0.4) is 0 Å². The average molecular weight is 543 g/mol. The summed E-state index contributed by atoms with van der Waals surface area (Å²) in [5.74, 6) is -1.94. The quantitative estimate of drug-likeness (QED) is 0.140. The molecule has 0 bridgehead atoms. The van der Waals surface area contributed by atoms with E-state index in [0.717, 1.165) is 28.1 Å². The number of amides is 2. The van der Waals surface area contributed by atoms with Gasteiger partial charge in [0.05, 0.1) is 11.8 Å². The number of thioether (sulfide) groups is 1. The maximum Gasteiger partial charge on any atom is 0.352 e. The molecule has 12 nitrogen and oxygen atoms in total. The first-order valence-electron chi connectivity index (χ1n) is 11.4. The number of pyridine rings is 1. The SMILES string of the molecule is CCON=C(C(=O)N[C@@H]1C(=O)N2C(C(=O)O)=C(Cc3c[nH][n+]4c(C)cccc34)CS[C@@H]12)c1csc(N)n1. The standard InChI is InChI=1S/C23H23N7O5S2/c1-3-35-28-16(14-10-37-23(24)26-14)19(31)27-17-20(32)29-18(22(33)34)13(9-36-21(17)29)7-12-8-25-30-11(2)5-4-6-15(12)30/h4-6,8,10,17,21H,3,7,9H2,1-2H3,(H4,24,26,27,31,33,34)/p+1/t17-,21+/m1/s1. The van der Waals surface area contributed by atoms with E-state index < -0.39 is 29.2 Å². The molecule has 3 aromatic rings. The summed E-state index contributed by atoms with van der Waals surface area (Å²) in [6, 6.07) is 4.95. The van der Waals surface area contributed by atoms with Gasteiger partial charge in [0.1, 0.15) is 29.4 Å². The van der Waals surface area contributed by atoms with Crippen LogP contribution in [0.1, 0.15) is 23.9 Å². The fourth-order valence-corrected chi connectivity index (χ4v) is 6.28. The predicted molar refractivity (Wildman–Crippen MR) is 137 cm³/mol. The summed E-state index contributed by atoms with van der Waals surface area (Å²) in [6.45, 7) is 3.92. The second kappa shape index (κ2) is 9.86. The van der Waals surface area contributed by atoms with Crippen LogP contribution in [-0.2, 0) is 25.6 Å². The van der Waals surface area contributed by atoms with Crippen molar-refractivity contribution in [1.29, 1.82) is 0 Å². The molecule has 0 spiro atoms. The molecule has 1 saturated heterocycles. The Labute approximate surface area is 219 Å². The van der Waals surface area contributed by atoms with Crippen LogP contribution in [0.5, 0.6) is 0 Å². The van der Waals surface area contributed by atoms with E-state index in [4.69, 9.17) is 10.6 Å². The summed E-state index contributed by atoms with van der Waals surface area (Å²) in [4.78, 5) is 48.8. The van der Waals surface area contributed by atoms with Crippen LogP contribution in [0.15, 0.2) is 46.2 Å². The van der Waals surface area contributed by atoms with E-state index in [9.17, 15) is 19.5 Å². The van der Waals surface area contributed by atoms with Gasteiger partial charge in [-0.15, -0.1) is 23.1 Å². The lowest BCUT2D eigenvalue weighted by Gasteiger charge is -2.49. The minimum Gasteiger partial charge on any atom is -0.477 e. The van der Waals surface area contributed by atoms with Crippen molar-refractivity contribution in [2.24, 2.45) is 5.16 Å². The van der Waals surface area contributed by atoms with Gasteiger partial charge >= 0.3 is 5.97 Å². The number of H-pyrrole nitrogens is 1. The summed E-state index contributed by atoms with van der Waals surface area (Å²) in [7, 11) is 0. The van der Waals surface area contributed by atoms with Crippen LogP contribution >= 0.6 is 23.1 Å². The number of aliphatic carboxylic acids is 1. The molecule has 0 aromatic carbocycles. The van der Waals surface area contributed by atoms with E-state index in [2.05, 4.69) is 20.6 Å². The Morgan fingerprint density at radius 2 is 2.24 bits per heavy atom. The molecular weight excluding hydrogens is 518 g/mol. The molecule has 0 aliphatic carbocycles. The molecule has 2 aliphatic heterocycles. The number of fused-ring (bicyclic) bond motifs is 2. The third-order valence-corrected chi connectivity index (χ3v) is 8.10. The number of hydrogen-bond acceptors (Lipinski definition) is 9. The number of rotatable bonds is 8. The molecule has 2 aliphatic rings. The molecule has 0 unspecified atom stereocenters. The van der Waals surface area contributed by atoms with Gasteiger partial charge in [0.25, 0.3) is 11.8 Å². The van der Waals surface area contributed by atoms with Gasteiger partial charge in [-0.05, 0) is 18.6 Å². The topological polar surface area (TPSA) is 167 Å². The molecule has 1 fully saturated rings. The summed E-state index contributed by atoms with van der Waals surface area (Å²) >= 11 is 2.55. The van der Waals surface area contributed by atoms with Crippen LogP contribution in [-0.4, -0.2) is 67.4 Å². The molecule has 2 amide bonds. The highest BCUT2D eigenvalue weighted by Gasteiger charge is 2.54. The van der Waals surface area contributed by atoms with Gasteiger partial charge in [-0.1, -0.05) is 9.67 Å². The predicted octanol–water partition coefficient (Wildman–Crippen LogP) is 0.822. The Morgan fingerprint density at radius 1 is 1.43 bits per heavy atom. The number of carbonyl (C=O) groups excluding carboxylic acids is 2. The molecule has 5 rings (SSSR count). The number of oxime groups is 1. The molecule has 0 saturated carbocycles. The fourth-order valence-electron chi connectivity index (χ4n) is 4.39. The summed E-state index contributed by atoms with van der Waals surface area (Å²) in [5, 5.41) is 21.0. The molecule has 5 N–H and O–H groups in total. The van der Waals surface area contributed by atoms with E-state index in [1.165, 1.54) is 16.7 Å². The highest BCUT2D eigenvalue weighted by molar-refractivity contribution is 8.00. The number of β-lactam (4-membered cyclic amide) rings is 1. The highest BCUT2D eigenvalue weighted by atomic mass is 32.2. The molecule has 14 heteroatoms. The van der Waals surface area contributed by atoms with Crippen LogP contribution in [0.25, 0.3) is 5.52 Å². The summed E-state index contributed by atoms with van der Waals surface area (Å²) < 4.78 is 1.92. The normalized spacial score (nSPS) is 19.6. The van der Waals surface area contributed by atoms with Crippen molar-refractivity contribution in [1.82, 2.24) is 20.3 Å². The summed E-state index contributed by atoms with van der Waals surface area (Å²) in [6.07, 6.45) is 2.21. The Kier molecular flexibility index (Phi) is 6.60. The number of aryl methyl sites for hydroxylation is 1. The minimum atomic E-state index is -1.18. The Bertz CT molecular complexity index is 1480. The molecule has 37 heavy (non-hydrogen) atoms. The molecule has 5 heterocycles. The van der Waals surface area contributed by atoms with Crippen LogP contribution in [0.2, 0.25) is 0 Å². The Hall–Kier alpha value is -3.91. The number of nitrogens with zero attached hydrogens (tertiary/aromatic N) is 4. The van der Waals surface area contributed by atoms with Crippen molar-refractivity contribution < 1.29 is 28.8 Å². The number of nitrogen functional groups attached to an aromatic ring is 1. The molecule has 0 radical (unpaired) electrons. The fraction of sp³-hybridized carbons (Fsp3) is 0.304. The lowest BCUT2D eigenvalue weighted by Crippen LogP contribution is -2.71. The van der Waals surface area contributed by atoms with Crippen molar-refractivity contribution in [3.05, 3.63) is 58.0 Å². The smallest absolute Gasteiger partial charge is 0.352 e. The van der Waals surface area contributed by atoms with Crippen LogP contribution in [0, 0.1) is 6.92 Å². The number of anilines is 1. The van der Waals surface area contributed by atoms with E-state index in [-0.39, 0.29) is 28.8 Å². The van der Waals surface area contributed by atoms with Gasteiger partial charge < -0.3 is 21.0 Å². The van der Waals surface area contributed by atoms with Gasteiger partial charge in [-0.25, -0.2) is 9.78 Å². The van der Waals surface area contributed by atoms with Gasteiger partial charge in [0.2, 0.25) is 11.2 Å². The van der Waals surface area contributed by atoms with E-state index >= 15 is 0 Å². The molecule has 2 atom stereocenters. The van der Waals surface area contributed by atoms with Gasteiger partial charge in [-0.2, -0.15) is 5.10 Å². The number of aromatic amines is 1. The number of carbonyl (C=O) groups is 3. The number of hydrogen-bond donors (Lipinski definition) is 4. The number of nitrogens with two attached hydrogens (primary N) is 1. The van der Waals surface area contributed by atoms with E-state index in [0.29, 0.717) is 17.7 Å².